The first-order valence-corrected chi connectivity index (χ1v) is 7.26. The number of nitrogens with zero attached hydrogens (tertiary/aromatic N) is 1. The molecule has 0 unspecified atom stereocenters. The quantitative estimate of drug-likeness (QED) is 0.417. The van der Waals surface area contributed by atoms with E-state index in [9.17, 15) is 9.59 Å². The van der Waals surface area contributed by atoms with Crippen molar-refractivity contribution in [3.63, 3.8) is 0 Å². The Morgan fingerprint density at radius 3 is 2.71 bits per heavy atom. The largest absolute Gasteiger partial charge is 0.481 e. The summed E-state index contributed by atoms with van der Waals surface area (Å²) in [6, 6.07) is 5.20. The molecule has 1 aromatic rings. The molecule has 114 valence electrons. The Bertz CT molecular complexity index is 503. The van der Waals surface area contributed by atoms with Crippen LogP contribution in [0.5, 0.6) is 0 Å². The summed E-state index contributed by atoms with van der Waals surface area (Å²) in [7, 11) is 0. The summed E-state index contributed by atoms with van der Waals surface area (Å²) < 4.78 is 0. The molecule has 0 aliphatic carbocycles. The Labute approximate surface area is 129 Å². The summed E-state index contributed by atoms with van der Waals surface area (Å²) in [6.07, 6.45) is 6.54. The highest BCUT2D eigenvalue weighted by Crippen LogP contribution is 2.06. The highest BCUT2D eigenvalue weighted by molar-refractivity contribution is 6.29. The van der Waals surface area contributed by atoms with Crippen molar-refractivity contribution in [3.05, 3.63) is 35.1 Å². The molecule has 1 rings (SSSR count). The van der Waals surface area contributed by atoms with Gasteiger partial charge in [0, 0.05) is 19.0 Å². The third-order valence-corrected chi connectivity index (χ3v) is 2.97. The molecule has 0 bridgehead atoms. The molecule has 0 fully saturated rings. The fourth-order valence-electron chi connectivity index (χ4n) is 1.70. The van der Waals surface area contributed by atoms with Crippen molar-refractivity contribution >= 4 is 29.6 Å². The number of carbonyl (C=O) groups excluding carboxylic acids is 1. The van der Waals surface area contributed by atoms with Crippen LogP contribution in [0.15, 0.2) is 24.3 Å². The Kier molecular flexibility index (Phi) is 8.12. The van der Waals surface area contributed by atoms with Gasteiger partial charge in [-0.15, -0.1) is 0 Å². The minimum absolute atomic E-state index is 0.178. The molecule has 1 aromatic heterocycles. The second-order valence-electron chi connectivity index (χ2n) is 4.57. The van der Waals surface area contributed by atoms with E-state index in [1.807, 2.05) is 0 Å². The monoisotopic (exact) mass is 310 g/mol. The molecule has 21 heavy (non-hydrogen) atoms. The lowest BCUT2D eigenvalue weighted by Gasteiger charge is -2.02. The number of hydrogen-bond acceptors (Lipinski definition) is 3. The maximum atomic E-state index is 11.5. The Balaban J connectivity index is 2.12. The predicted octanol–water partition coefficient (Wildman–Crippen LogP) is 2.90. The second-order valence-corrected chi connectivity index (χ2v) is 4.95. The van der Waals surface area contributed by atoms with E-state index in [0.29, 0.717) is 23.8 Å². The molecule has 0 aromatic carbocycles. The summed E-state index contributed by atoms with van der Waals surface area (Å²) >= 11 is 5.74. The van der Waals surface area contributed by atoms with E-state index in [2.05, 4.69) is 10.3 Å². The molecule has 0 atom stereocenters. The summed E-state index contributed by atoms with van der Waals surface area (Å²) in [4.78, 5) is 25.9. The molecule has 0 radical (unpaired) electrons. The standard InChI is InChI=1S/C15H19ClN2O3/c16-13-7-5-6-12(18-13)9-10-14(19)17-11-4-2-1-3-8-15(20)21/h5-7,9-10H,1-4,8,11H2,(H,17,19)(H,20,21)/b10-9+. The first-order chi connectivity index (χ1) is 10.1. The van der Waals surface area contributed by atoms with Gasteiger partial charge >= 0.3 is 5.97 Å². The molecule has 0 saturated heterocycles. The topological polar surface area (TPSA) is 79.3 Å². The van der Waals surface area contributed by atoms with Gasteiger partial charge in [-0.25, -0.2) is 4.98 Å². The molecule has 5 nitrogen and oxygen atoms in total. The molecular formula is C15H19ClN2O3. The number of amides is 1. The van der Waals surface area contributed by atoms with Gasteiger partial charge in [0.05, 0.1) is 5.69 Å². The number of halogens is 1. The second kappa shape index (κ2) is 9.94. The smallest absolute Gasteiger partial charge is 0.303 e. The number of hydrogen-bond donors (Lipinski definition) is 2. The maximum absolute atomic E-state index is 11.5. The summed E-state index contributed by atoms with van der Waals surface area (Å²) in [5.74, 6) is -0.939. The predicted molar refractivity (Wildman–Crippen MR) is 82.0 cm³/mol. The molecule has 0 aliphatic heterocycles. The van der Waals surface area contributed by atoms with Crippen LogP contribution in [-0.2, 0) is 9.59 Å². The van der Waals surface area contributed by atoms with Gasteiger partial charge in [0.1, 0.15) is 5.15 Å². The number of aliphatic carboxylic acids is 1. The number of carboxylic acid groups (broad SMARTS) is 1. The van der Waals surface area contributed by atoms with Crippen LogP contribution in [0.2, 0.25) is 5.15 Å². The maximum Gasteiger partial charge on any atom is 0.303 e. The van der Waals surface area contributed by atoms with Crippen molar-refractivity contribution < 1.29 is 14.7 Å². The zero-order chi connectivity index (χ0) is 15.5. The molecule has 1 heterocycles. The van der Waals surface area contributed by atoms with Crippen LogP contribution in [0.25, 0.3) is 6.08 Å². The van der Waals surface area contributed by atoms with Gasteiger partial charge in [0.2, 0.25) is 5.91 Å². The van der Waals surface area contributed by atoms with Crippen LogP contribution in [-0.4, -0.2) is 28.5 Å². The van der Waals surface area contributed by atoms with E-state index < -0.39 is 5.97 Å². The van der Waals surface area contributed by atoms with Gasteiger partial charge < -0.3 is 10.4 Å². The lowest BCUT2D eigenvalue weighted by atomic mass is 10.1. The Hall–Kier alpha value is -1.88. The molecule has 0 aliphatic rings. The highest BCUT2D eigenvalue weighted by atomic mass is 35.5. The van der Waals surface area contributed by atoms with Crippen molar-refractivity contribution in [2.75, 3.05) is 6.54 Å². The van der Waals surface area contributed by atoms with Crippen molar-refractivity contribution in [3.8, 4) is 0 Å². The number of carboxylic acids is 1. The van der Waals surface area contributed by atoms with Crippen molar-refractivity contribution in [1.82, 2.24) is 10.3 Å². The van der Waals surface area contributed by atoms with Crippen molar-refractivity contribution in [2.24, 2.45) is 0 Å². The SMILES string of the molecule is O=C(O)CCCCCCNC(=O)/C=C/c1cccc(Cl)n1. The molecule has 0 spiro atoms. The Morgan fingerprint density at radius 2 is 2.00 bits per heavy atom. The van der Waals surface area contributed by atoms with Gasteiger partial charge in [-0.3, -0.25) is 9.59 Å². The lowest BCUT2D eigenvalue weighted by molar-refractivity contribution is -0.137. The zero-order valence-corrected chi connectivity index (χ0v) is 12.5. The fourth-order valence-corrected chi connectivity index (χ4v) is 1.87. The summed E-state index contributed by atoms with van der Waals surface area (Å²) in [5.41, 5.74) is 0.631. The van der Waals surface area contributed by atoms with Gasteiger partial charge in [-0.1, -0.05) is 30.5 Å². The molecule has 1 amide bonds. The van der Waals surface area contributed by atoms with Crippen LogP contribution in [0.3, 0.4) is 0 Å². The van der Waals surface area contributed by atoms with E-state index in [1.165, 1.54) is 6.08 Å². The van der Waals surface area contributed by atoms with Crippen LogP contribution in [0.4, 0.5) is 0 Å². The molecule has 0 saturated carbocycles. The summed E-state index contributed by atoms with van der Waals surface area (Å²) in [5, 5.41) is 11.6. The number of nitrogens with one attached hydrogen (secondary N) is 1. The molecule has 2 N–H and O–H groups in total. The first kappa shape index (κ1) is 17.2. The highest BCUT2D eigenvalue weighted by Gasteiger charge is 1.98. The first-order valence-electron chi connectivity index (χ1n) is 6.88. The number of rotatable bonds is 9. The van der Waals surface area contributed by atoms with Gasteiger partial charge in [-0.05, 0) is 31.1 Å². The minimum atomic E-state index is -0.761. The number of unbranched alkanes of at least 4 members (excludes halogenated alkanes) is 3. The van der Waals surface area contributed by atoms with E-state index >= 15 is 0 Å². The van der Waals surface area contributed by atoms with Gasteiger partial charge in [0.25, 0.3) is 0 Å². The van der Waals surface area contributed by atoms with Crippen molar-refractivity contribution in [2.45, 2.75) is 32.1 Å². The van der Waals surface area contributed by atoms with Crippen molar-refractivity contribution in [1.29, 1.82) is 0 Å². The van der Waals surface area contributed by atoms with E-state index in [1.54, 1.807) is 24.3 Å². The van der Waals surface area contributed by atoms with Crippen LogP contribution in [0.1, 0.15) is 37.8 Å². The number of pyridine rings is 1. The van der Waals surface area contributed by atoms with E-state index in [4.69, 9.17) is 16.7 Å². The average Bonchev–Trinajstić information content (AvgIpc) is 2.44. The number of aromatic nitrogens is 1. The normalized spacial score (nSPS) is 10.7. The minimum Gasteiger partial charge on any atom is -0.481 e. The van der Waals surface area contributed by atoms with E-state index in [-0.39, 0.29) is 12.3 Å². The fraction of sp³-hybridized carbons (Fsp3) is 0.400. The third-order valence-electron chi connectivity index (χ3n) is 2.76. The van der Waals surface area contributed by atoms with Gasteiger partial charge in [-0.2, -0.15) is 0 Å². The third kappa shape index (κ3) is 8.81. The molecular weight excluding hydrogens is 292 g/mol. The Morgan fingerprint density at radius 1 is 1.24 bits per heavy atom. The lowest BCUT2D eigenvalue weighted by Crippen LogP contribution is -2.21. The summed E-state index contributed by atoms with van der Waals surface area (Å²) in [6.45, 7) is 0.583. The van der Waals surface area contributed by atoms with Gasteiger partial charge in [0.15, 0.2) is 0 Å². The van der Waals surface area contributed by atoms with Crippen LogP contribution in [0, 0.1) is 0 Å². The average molecular weight is 311 g/mol. The molecule has 6 heteroatoms. The zero-order valence-electron chi connectivity index (χ0n) is 11.7. The van der Waals surface area contributed by atoms with E-state index in [0.717, 1.165) is 19.3 Å². The number of carbonyl (C=O) groups is 2. The van der Waals surface area contributed by atoms with Crippen LogP contribution >= 0.6 is 11.6 Å². The van der Waals surface area contributed by atoms with Crippen LogP contribution < -0.4 is 5.32 Å².